The molecule has 1 amide bonds. The topological polar surface area (TPSA) is 58.4 Å². The summed E-state index contributed by atoms with van der Waals surface area (Å²) in [5.74, 6) is 1.18. The lowest BCUT2D eigenvalue weighted by Gasteiger charge is -2.30. The van der Waals surface area contributed by atoms with Crippen LogP contribution in [0.5, 0.6) is 0 Å². The smallest absolute Gasteiger partial charge is 0.234 e. The van der Waals surface area contributed by atoms with Crippen LogP contribution in [0, 0.1) is 0 Å². The van der Waals surface area contributed by atoms with E-state index in [9.17, 15) is 4.79 Å². The summed E-state index contributed by atoms with van der Waals surface area (Å²) in [6, 6.07) is 15.4. The SMILES string of the molecule is CC(NC(=O)CN1CCC(c2nc3ccccc3o2)CC1)c1ccc(Cl)cc1. The number of nitrogens with zero attached hydrogens (tertiary/aromatic N) is 2. The molecule has 1 N–H and O–H groups in total. The van der Waals surface area contributed by atoms with Crippen molar-refractivity contribution in [2.75, 3.05) is 19.6 Å². The summed E-state index contributed by atoms with van der Waals surface area (Å²) in [7, 11) is 0. The normalized spacial score (nSPS) is 16.9. The fourth-order valence-corrected chi connectivity index (χ4v) is 3.85. The van der Waals surface area contributed by atoms with Crippen LogP contribution in [0.4, 0.5) is 0 Å². The summed E-state index contributed by atoms with van der Waals surface area (Å²) in [5.41, 5.74) is 2.80. The number of para-hydroxylation sites is 2. The van der Waals surface area contributed by atoms with Crippen LogP contribution < -0.4 is 5.32 Å². The number of rotatable bonds is 5. The average molecular weight is 398 g/mol. The molecule has 146 valence electrons. The molecule has 1 aromatic heterocycles. The largest absolute Gasteiger partial charge is 0.440 e. The van der Waals surface area contributed by atoms with Crippen molar-refractivity contribution in [2.45, 2.75) is 31.7 Å². The van der Waals surface area contributed by atoms with E-state index in [1.807, 2.05) is 55.5 Å². The lowest BCUT2D eigenvalue weighted by Crippen LogP contribution is -2.41. The van der Waals surface area contributed by atoms with Crippen molar-refractivity contribution in [2.24, 2.45) is 0 Å². The van der Waals surface area contributed by atoms with Crippen LogP contribution in [0.1, 0.15) is 43.2 Å². The molecule has 0 bridgehead atoms. The Morgan fingerprint density at radius 2 is 1.93 bits per heavy atom. The Balaban J connectivity index is 1.27. The first-order valence-electron chi connectivity index (χ1n) is 9.71. The van der Waals surface area contributed by atoms with Gasteiger partial charge in [-0.1, -0.05) is 35.9 Å². The number of piperidine rings is 1. The number of carbonyl (C=O) groups excluding carboxylic acids is 1. The number of oxazole rings is 1. The number of halogens is 1. The van der Waals surface area contributed by atoms with Gasteiger partial charge in [0.2, 0.25) is 5.91 Å². The van der Waals surface area contributed by atoms with Crippen LogP contribution in [0.15, 0.2) is 52.9 Å². The van der Waals surface area contributed by atoms with Crippen LogP contribution in [0.2, 0.25) is 5.02 Å². The lowest BCUT2D eigenvalue weighted by atomic mass is 9.97. The standard InChI is InChI=1S/C22H24ClN3O2/c1-15(16-6-8-18(23)9-7-16)24-21(27)14-26-12-10-17(11-13-26)22-25-19-4-2-3-5-20(19)28-22/h2-9,15,17H,10-14H2,1H3,(H,24,27). The fraction of sp³-hybridized carbons (Fsp3) is 0.364. The lowest BCUT2D eigenvalue weighted by molar-refractivity contribution is -0.123. The molecule has 1 unspecified atom stereocenters. The molecule has 1 aliphatic heterocycles. The van der Waals surface area contributed by atoms with E-state index in [-0.39, 0.29) is 11.9 Å². The van der Waals surface area contributed by atoms with Gasteiger partial charge in [0.25, 0.3) is 0 Å². The highest BCUT2D eigenvalue weighted by atomic mass is 35.5. The zero-order valence-corrected chi connectivity index (χ0v) is 16.7. The van der Waals surface area contributed by atoms with Gasteiger partial charge in [-0.15, -0.1) is 0 Å². The van der Waals surface area contributed by atoms with E-state index < -0.39 is 0 Å². The maximum Gasteiger partial charge on any atom is 0.234 e. The minimum Gasteiger partial charge on any atom is -0.440 e. The molecule has 1 aliphatic rings. The van der Waals surface area contributed by atoms with Gasteiger partial charge in [-0.3, -0.25) is 9.69 Å². The van der Waals surface area contributed by atoms with Gasteiger partial charge in [-0.05, 0) is 62.7 Å². The van der Waals surface area contributed by atoms with Crippen molar-refractivity contribution < 1.29 is 9.21 Å². The molecule has 1 saturated heterocycles. The second kappa shape index (κ2) is 8.33. The molecule has 3 aromatic rings. The molecule has 6 heteroatoms. The summed E-state index contributed by atoms with van der Waals surface area (Å²) < 4.78 is 5.92. The molecular weight excluding hydrogens is 374 g/mol. The molecule has 2 aromatic carbocycles. The Labute approximate surface area is 169 Å². The summed E-state index contributed by atoms with van der Waals surface area (Å²) >= 11 is 5.92. The predicted molar refractivity (Wildman–Crippen MR) is 110 cm³/mol. The highest BCUT2D eigenvalue weighted by Crippen LogP contribution is 2.29. The Hall–Kier alpha value is -2.37. The fourth-order valence-electron chi connectivity index (χ4n) is 3.73. The minimum absolute atomic E-state index is 0.0398. The Morgan fingerprint density at radius 3 is 2.64 bits per heavy atom. The van der Waals surface area contributed by atoms with Crippen LogP contribution >= 0.6 is 11.6 Å². The number of hydrogen-bond acceptors (Lipinski definition) is 4. The Morgan fingerprint density at radius 1 is 1.21 bits per heavy atom. The Kier molecular flexibility index (Phi) is 5.64. The summed E-state index contributed by atoms with van der Waals surface area (Å²) in [6.45, 7) is 4.14. The molecule has 0 aliphatic carbocycles. The number of aromatic nitrogens is 1. The second-order valence-electron chi connectivity index (χ2n) is 7.41. The first-order chi connectivity index (χ1) is 13.6. The first-order valence-corrected chi connectivity index (χ1v) is 10.1. The van der Waals surface area contributed by atoms with Crippen molar-refractivity contribution in [3.63, 3.8) is 0 Å². The van der Waals surface area contributed by atoms with Crippen molar-refractivity contribution in [3.8, 4) is 0 Å². The molecule has 0 saturated carbocycles. The van der Waals surface area contributed by atoms with Crippen LogP contribution in [0.3, 0.4) is 0 Å². The third kappa shape index (κ3) is 4.37. The number of amides is 1. The quantitative estimate of drug-likeness (QED) is 0.686. The molecule has 28 heavy (non-hydrogen) atoms. The van der Waals surface area contributed by atoms with Crippen LogP contribution in [-0.4, -0.2) is 35.4 Å². The number of likely N-dealkylation sites (tertiary alicyclic amines) is 1. The number of benzene rings is 2. The van der Waals surface area contributed by atoms with Gasteiger partial charge in [0, 0.05) is 10.9 Å². The van der Waals surface area contributed by atoms with Crippen LogP contribution in [0.25, 0.3) is 11.1 Å². The van der Waals surface area contributed by atoms with Crippen LogP contribution in [-0.2, 0) is 4.79 Å². The third-order valence-electron chi connectivity index (χ3n) is 5.36. The third-order valence-corrected chi connectivity index (χ3v) is 5.61. The van der Waals surface area contributed by atoms with Crippen molar-refractivity contribution in [3.05, 3.63) is 65.0 Å². The molecule has 5 nitrogen and oxygen atoms in total. The van der Waals surface area contributed by atoms with Crippen molar-refractivity contribution in [1.82, 2.24) is 15.2 Å². The van der Waals surface area contributed by atoms with E-state index in [0.29, 0.717) is 17.5 Å². The molecule has 1 atom stereocenters. The van der Waals surface area contributed by atoms with E-state index in [0.717, 1.165) is 48.5 Å². The van der Waals surface area contributed by atoms with Crippen molar-refractivity contribution >= 4 is 28.6 Å². The maximum absolute atomic E-state index is 12.4. The molecule has 1 fully saturated rings. The number of carbonyl (C=O) groups is 1. The second-order valence-corrected chi connectivity index (χ2v) is 7.85. The van der Waals surface area contributed by atoms with E-state index in [2.05, 4.69) is 15.2 Å². The van der Waals surface area contributed by atoms with E-state index in [1.165, 1.54) is 0 Å². The summed E-state index contributed by atoms with van der Waals surface area (Å²) in [6.07, 6.45) is 1.90. The van der Waals surface area contributed by atoms with Gasteiger partial charge in [0.15, 0.2) is 11.5 Å². The summed E-state index contributed by atoms with van der Waals surface area (Å²) in [4.78, 5) is 19.2. The molecule has 0 spiro atoms. The van der Waals surface area contributed by atoms with Gasteiger partial charge >= 0.3 is 0 Å². The molecule has 0 radical (unpaired) electrons. The maximum atomic E-state index is 12.4. The van der Waals surface area contributed by atoms with Gasteiger partial charge in [-0.2, -0.15) is 0 Å². The zero-order valence-electron chi connectivity index (χ0n) is 15.9. The van der Waals surface area contributed by atoms with E-state index in [4.69, 9.17) is 16.0 Å². The van der Waals surface area contributed by atoms with Gasteiger partial charge in [0.1, 0.15) is 5.52 Å². The van der Waals surface area contributed by atoms with E-state index >= 15 is 0 Å². The molecule has 2 heterocycles. The first kappa shape index (κ1) is 19.0. The summed E-state index contributed by atoms with van der Waals surface area (Å²) in [5, 5.41) is 3.77. The van der Waals surface area contributed by atoms with Gasteiger partial charge in [-0.25, -0.2) is 4.98 Å². The number of fused-ring (bicyclic) bond motifs is 1. The molecule has 4 rings (SSSR count). The number of nitrogens with one attached hydrogen (secondary N) is 1. The monoisotopic (exact) mass is 397 g/mol. The van der Waals surface area contributed by atoms with E-state index in [1.54, 1.807) is 0 Å². The zero-order chi connectivity index (χ0) is 19.5. The average Bonchev–Trinajstić information content (AvgIpc) is 3.13. The van der Waals surface area contributed by atoms with Gasteiger partial charge in [0.05, 0.1) is 12.6 Å². The Bertz CT molecular complexity index is 913. The predicted octanol–water partition coefficient (Wildman–Crippen LogP) is 4.54. The number of hydrogen-bond donors (Lipinski definition) is 1. The minimum atomic E-state index is -0.0398. The van der Waals surface area contributed by atoms with Crippen molar-refractivity contribution in [1.29, 1.82) is 0 Å². The highest BCUT2D eigenvalue weighted by Gasteiger charge is 2.25. The highest BCUT2D eigenvalue weighted by molar-refractivity contribution is 6.30. The molecular formula is C22H24ClN3O2. The van der Waals surface area contributed by atoms with Gasteiger partial charge < -0.3 is 9.73 Å².